The smallest absolute Gasteiger partial charge is 0.275 e. The maximum absolute atomic E-state index is 6.23. The van der Waals surface area contributed by atoms with Crippen molar-refractivity contribution in [2.75, 3.05) is 26.9 Å². The Hall–Kier alpha value is -3.57. The molecule has 0 radical (unpaired) electrons. The van der Waals surface area contributed by atoms with E-state index >= 15 is 0 Å². The fourth-order valence-corrected chi connectivity index (χ4v) is 4.31. The van der Waals surface area contributed by atoms with Crippen LogP contribution in [0.4, 0.5) is 0 Å². The van der Waals surface area contributed by atoms with Crippen molar-refractivity contribution in [3.63, 3.8) is 0 Å². The van der Waals surface area contributed by atoms with Gasteiger partial charge in [-0.1, -0.05) is 11.2 Å². The molecule has 0 N–H and O–H groups in total. The molecule has 4 aromatic rings. The van der Waals surface area contributed by atoms with Crippen LogP contribution >= 0.6 is 0 Å². The van der Waals surface area contributed by atoms with Crippen molar-refractivity contribution in [1.82, 2.24) is 34.9 Å². The van der Waals surface area contributed by atoms with Crippen LogP contribution in [0.1, 0.15) is 35.7 Å². The van der Waals surface area contributed by atoms with E-state index in [1.807, 2.05) is 19.9 Å². The molecule has 0 amide bonds. The quantitative estimate of drug-likeness (QED) is 0.422. The van der Waals surface area contributed by atoms with Gasteiger partial charge in [0, 0.05) is 37.3 Å². The highest BCUT2D eigenvalue weighted by molar-refractivity contribution is 5.57. The first kappa shape index (κ1) is 21.0. The van der Waals surface area contributed by atoms with Crippen LogP contribution in [0.25, 0.3) is 17.2 Å². The summed E-state index contributed by atoms with van der Waals surface area (Å²) in [4.78, 5) is 7.39. The van der Waals surface area contributed by atoms with Gasteiger partial charge in [-0.25, -0.2) is 0 Å². The molecular weight excluding hydrogens is 438 g/mol. The SMILES string of the molecule is COc1cc2nnc(-c3cc(C)on3)n2nc1O[C@@H](C)c1ccc2c(n1)CCN(C1COC1)C2. The van der Waals surface area contributed by atoms with Crippen molar-refractivity contribution < 1.29 is 18.7 Å². The lowest BCUT2D eigenvalue weighted by atomic mass is 10.0. The highest BCUT2D eigenvalue weighted by atomic mass is 16.5. The van der Waals surface area contributed by atoms with Crippen LogP contribution in [0, 0.1) is 6.92 Å². The van der Waals surface area contributed by atoms with Crippen LogP contribution in [0.2, 0.25) is 0 Å². The predicted molar refractivity (Wildman–Crippen MR) is 120 cm³/mol. The van der Waals surface area contributed by atoms with Crippen molar-refractivity contribution in [2.45, 2.75) is 39.0 Å². The molecule has 1 saturated heterocycles. The number of hydrogen-bond donors (Lipinski definition) is 0. The van der Waals surface area contributed by atoms with E-state index in [2.05, 4.69) is 31.4 Å². The first-order valence-electron chi connectivity index (χ1n) is 11.3. The number of aromatic nitrogens is 6. The average Bonchev–Trinajstić information content (AvgIpc) is 3.42. The molecule has 6 rings (SSSR count). The van der Waals surface area contributed by atoms with Crippen LogP contribution in [0.5, 0.6) is 11.6 Å². The first-order valence-corrected chi connectivity index (χ1v) is 11.3. The fourth-order valence-electron chi connectivity index (χ4n) is 4.31. The number of nitrogens with zero attached hydrogens (tertiary/aromatic N) is 7. The Kier molecular flexibility index (Phi) is 5.15. The van der Waals surface area contributed by atoms with Crippen molar-refractivity contribution in [1.29, 1.82) is 0 Å². The van der Waals surface area contributed by atoms with Gasteiger partial charge in [-0.3, -0.25) is 9.88 Å². The monoisotopic (exact) mass is 463 g/mol. The Bertz CT molecular complexity index is 1350. The minimum absolute atomic E-state index is 0.319. The Morgan fingerprint density at radius 2 is 2.06 bits per heavy atom. The van der Waals surface area contributed by atoms with E-state index in [-0.39, 0.29) is 6.10 Å². The largest absolute Gasteiger partial charge is 0.491 e. The number of fused-ring (bicyclic) bond motifs is 2. The van der Waals surface area contributed by atoms with Gasteiger partial charge in [0.05, 0.1) is 32.1 Å². The lowest BCUT2D eigenvalue weighted by Gasteiger charge is -2.39. The van der Waals surface area contributed by atoms with Gasteiger partial charge in [0.15, 0.2) is 17.1 Å². The summed E-state index contributed by atoms with van der Waals surface area (Å²) in [5, 5.41) is 17.0. The summed E-state index contributed by atoms with van der Waals surface area (Å²) in [7, 11) is 1.57. The minimum atomic E-state index is -0.337. The molecule has 1 fully saturated rings. The maximum Gasteiger partial charge on any atom is 0.275 e. The molecular formula is C23H25N7O4. The lowest BCUT2D eigenvalue weighted by molar-refractivity contribution is -0.0697. The normalized spacial score (nSPS) is 17.4. The van der Waals surface area contributed by atoms with E-state index in [9.17, 15) is 0 Å². The lowest BCUT2D eigenvalue weighted by Crippen LogP contribution is -2.50. The third kappa shape index (κ3) is 3.66. The number of rotatable bonds is 6. The molecule has 0 unspecified atom stereocenters. The van der Waals surface area contributed by atoms with Gasteiger partial charge < -0.3 is 18.7 Å². The Balaban J connectivity index is 1.26. The van der Waals surface area contributed by atoms with Crippen LogP contribution in [-0.4, -0.2) is 67.8 Å². The second kappa shape index (κ2) is 8.33. The summed E-state index contributed by atoms with van der Waals surface area (Å²) in [5.41, 5.74) is 4.30. The van der Waals surface area contributed by atoms with Crippen molar-refractivity contribution in [3.8, 4) is 23.1 Å². The zero-order valence-corrected chi connectivity index (χ0v) is 19.3. The molecule has 1 atom stereocenters. The van der Waals surface area contributed by atoms with E-state index in [0.717, 1.165) is 44.1 Å². The van der Waals surface area contributed by atoms with E-state index < -0.39 is 0 Å². The second-order valence-electron chi connectivity index (χ2n) is 8.65. The second-order valence-corrected chi connectivity index (χ2v) is 8.65. The summed E-state index contributed by atoms with van der Waals surface area (Å²) < 4.78 is 23.8. The topological polar surface area (TPSA) is 113 Å². The van der Waals surface area contributed by atoms with E-state index in [1.54, 1.807) is 23.8 Å². The van der Waals surface area contributed by atoms with Crippen molar-refractivity contribution >= 4 is 5.65 Å². The zero-order valence-electron chi connectivity index (χ0n) is 19.3. The summed E-state index contributed by atoms with van der Waals surface area (Å²) in [6, 6.07) is 8.23. The number of methoxy groups -OCH3 is 1. The predicted octanol–water partition coefficient (Wildman–Crippen LogP) is 2.39. The number of ether oxygens (including phenoxy) is 3. The average molecular weight is 463 g/mol. The van der Waals surface area contributed by atoms with E-state index in [4.69, 9.17) is 23.7 Å². The number of hydrogen-bond acceptors (Lipinski definition) is 10. The highest BCUT2D eigenvalue weighted by Gasteiger charge is 2.29. The molecule has 0 spiro atoms. The van der Waals surface area contributed by atoms with E-state index in [0.29, 0.717) is 40.6 Å². The molecule has 2 aliphatic rings. The Labute approximate surface area is 195 Å². The minimum Gasteiger partial charge on any atom is -0.491 e. The van der Waals surface area contributed by atoms with Crippen molar-refractivity contribution in [2.24, 2.45) is 0 Å². The highest BCUT2D eigenvalue weighted by Crippen LogP contribution is 2.31. The first-order chi connectivity index (χ1) is 16.6. The third-order valence-electron chi connectivity index (χ3n) is 6.34. The Morgan fingerprint density at radius 1 is 1.18 bits per heavy atom. The summed E-state index contributed by atoms with van der Waals surface area (Å²) in [6.07, 6.45) is 0.581. The third-order valence-corrected chi connectivity index (χ3v) is 6.34. The van der Waals surface area contributed by atoms with Crippen LogP contribution in [-0.2, 0) is 17.7 Å². The van der Waals surface area contributed by atoms with Gasteiger partial charge in [-0.15, -0.1) is 15.3 Å². The van der Waals surface area contributed by atoms with Crippen LogP contribution in [0.15, 0.2) is 28.8 Å². The molecule has 11 nitrogen and oxygen atoms in total. The molecule has 34 heavy (non-hydrogen) atoms. The molecule has 0 aliphatic carbocycles. The fraction of sp³-hybridized carbons (Fsp3) is 0.435. The van der Waals surface area contributed by atoms with Gasteiger partial charge in [-0.05, 0) is 25.5 Å². The van der Waals surface area contributed by atoms with Crippen molar-refractivity contribution in [3.05, 3.63) is 47.0 Å². The maximum atomic E-state index is 6.23. The zero-order chi connectivity index (χ0) is 23.2. The van der Waals surface area contributed by atoms with Gasteiger partial charge in [0.25, 0.3) is 5.88 Å². The molecule has 0 saturated carbocycles. The van der Waals surface area contributed by atoms with Gasteiger partial charge in [0.2, 0.25) is 5.82 Å². The molecule has 6 heterocycles. The standard InChI is InChI=1S/C23H25N7O4/c1-13-8-19(28-34-13)22-26-25-21-9-20(31-3)23(27-30(21)22)33-14(2)17-5-4-15-10-29(16-11-32-12-16)7-6-18(15)24-17/h4-5,8-9,14,16H,6-7,10-12H2,1-3H3/t14-/m0/s1. The summed E-state index contributed by atoms with van der Waals surface area (Å²) in [5.74, 6) is 1.92. The molecule has 176 valence electrons. The molecule has 4 aromatic heterocycles. The van der Waals surface area contributed by atoms with Gasteiger partial charge in [-0.2, -0.15) is 4.52 Å². The van der Waals surface area contributed by atoms with Crippen LogP contribution < -0.4 is 9.47 Å². The number of pyridine rings is 1. The van der Waals surface area contributed by atoms with Gasteiger partial charge in [0.1, 0.15) is 11.9 Å². The Morgan fingerprint density at radius 3 is 2.79 bits per heavy atom. The molecule has 0 bridgehead atoms. The van der Waals surface area contributed by atoms with E-state index in [1.165, 1.54) is 5.56 Å². The van der Waals surface area contributed by atoms with Gasteiger partial charge >= 0.3 is 0 Å². The summed E-state index contributed by atoms with van der Waals surface area (Å²) in [6.45, 7) is 7.34. The number of aryl methyl sites for hydroxylation is 1. The molecule has 0 aromatic carbocycles. The summed E-state index contributed by atoms with van der Waals surface area (Å²) >= 11 is 0. The van der Waals surface area contributed by atoms with Crippen LogP contribution in [0.3, 0.4) is 0 Å². The molecule has 11 heteroatoms. The molecule has 2 aliphatic heterocycles.